The molecule has 6 nitrogen and oxygen atoms in total. The summed E-state index contributed by atoms with van der Waals surface area (Å²) in [5.41, 5.74) is 0.517. The van der Waals surface area contributed by atoms with E-state index in [0.717, 1.165) is 18.5 Å². The summed E-state index contributed by atoms with van der Waals surface area (Å²) >= 11 is 6.95. The van der Waals surface area contributed by atoms with E-state index < -0.39 is 5.25 Å². The zero-order valence-corrected chi connectivity index (χ0v) is 14.4. The molecule has 0 fully saturated rings. The number of carbonyl (C=O) groups excluding carboxylic acids is 1. The van der Waals surface area contributed by atoms with Crippen molar-refractivity contribution in [2.75, 3.05) is 5.32 Å². The van der Waals surface area contributed by atoms with E-state index in [1.165, 1.54) is 24.0 Å². The number of carbonyl (C=O) groups is 1. The summed E-state index contributed by atoms with van der Waals surface area (Å²) < 4.78 is 0. The van der Waals surface area contributed by atoms with Crippen LogP contribution < -0.4 is 10.9 Å². The highest BCUT2D eigenvalue weighted by Gasteiger charge is 2.16. The zero-order valence-electron chi connectivity index (χ0n) is 12.8. The van der Waals surface area contributed by atoms with Crippen molar-refractivity contribution in [2.24, 2.45) is 0 Å². The molecule has 2 aromatic heterocycles. The second-order valence-corrected chi connectivity index (χ2v) is 6.67. The summed E-state index contributed by atoms with van der Waals surface area (Å²) in [5.74, 6) is 0.196. The molecule has 0 aliphatic rings. The van der Waals surface area contributed by atoms with Gasteiger partial charge < -0.3 is 10.3 Å². The lowest BCUT2D eigenvalue weighted by Crippen LogP contribution is -2.23. The molecule has 0 saturated carbocycles. The SMILES string of the molecule is CCCc1cc(=O)[nH]c(S[C@H](C)C(=O)Nc2ccc(Cl)cn2)n1. The summed E-state index contributed by atoms with van der Waals surface area (Å²) in [7, 11) is 0. The Kier molecular flexibility index (Phi) is 6.18. The van der Waals surface area contributed by atoms with Gasteiger partial charge in [-0.2, -0.15) is 0 Å². The number of pyridine rings is 1. The van der Waals surface area contributed by atoms with E-state index in [2.05, 4.69) is 20.3 Å². The molecule has 2 aromatic rings. The lowest BCUT2D eigenvalue weighted by Gasteiger charge is -2.11. The molecule has 23 heavy (non-hydrogen) atoms. The molecular formula is C15H17ClN4O2S. The molecule has 2 heterocycles. The fourth-order valence-electron chi connectivity index (χ4n) is 1.82. The average Bonchev–Trinajstić information content (AvgIpc) is 2.49. The number of aromatic nitrogens is 3. The van der Waals surface area contributed by atoms with Gasteiger partial charge in [0, 0.05) is 18.0 Å². The maximum atomic E-state index is 12.2. The van der Waals surface area contributed by atoms with E-state index in [-0.39, 0.29) is 11.5 Å². The summed E-state index contributed by atoms with van der Waals surface area (Å²) in [6.45, 7) is 3.76. The normalized spacial score (nSPS) is 12.0. The Morgan fingerprint density at radius 1 is 1.48 bits per heavy atom. The number of hydrogen-bond donors (Lipinski definition) is 2. The van der Waals surface area contributed by atoms with Gasteiger partial charge in [-0.1, -0.05) is 36.7 Å². The topological polar surface area (TPSA) is 87.7 Å². The number of H-pyrrole nitrogens is 1. The van der Waals surface area contributed by atoms with Crippen molar-refractivity contribution in [3.8, 4) is 0 Å². The van der Waals surface area contributed by atoms with Crippen molar-refractivity contribution in [3.63, 3.8) is 0 Å². The largest absolute Gasteiger partial charge is 0.310 e. The minimum Gasteiger partial charge on any atom is -0.310 e. The van der Waals surface area contributed by atoms with Gasteiger partial charge >= 0.3 is 0 Å². The number of nitrogens with zero attached hydrogens (tertiary/aromatic N) is 2. The van der Waals surface area contributed by atoms with Crippen LogP contribution in [0.1, 0.15) is 26.0 Å². The van der Waals surface area contributed by atoms with Crippen molar-refractivity contribution >= 4 is 35.1 Å². The number of aromatic amines is 1. The third-order valence-electron chi connectivity index (χ3n) is 2.92. The van der Waals surface area contributed by atoms with Crippen LogP contribution >= 0.6 is 23.4 Å². The van der Waals surface area contributed by atoms with E-state index in [4.69, 9.17) is 11.6 Å². The standard InChI is InChI=1S/C15H17ClN4O2S/c1-3-4-11-7-13(21)20-15(18-11)23-9(2)14(22)19-12-6-5-10(16)8-17-12/h5-9H,3-4H2,1-2H3,(H,17,19,22)(H,18,20,21)/t9-/m1/s1. The second-order valence-electron chi connectivity index (χ2n) is 4.90. The van der Waals surface area contributed by atoms with Crippen LogP contribution in [0.25, 0.3) is 0 Å². The predicted molar refractivity (Wildman–Crippen MR) is 92.0 cm³/mol. The van der Waals surface area contributed by atoms with Crippen LogP contribution in [-0.4, -0.2) is 26.1 Å². The Balaban J connectivity index is 2.03. The Morgan fingerprint density at radius 2 is 2.26 bits per heavy atom. The molecule has 0 aromatic carbocycles. The molecule has 0 aliphatic heterocycles. The van der Waals surface area contributed by atoms with Crippen molar-refractivity contribution in [1.29, 1.82) is 0 Å². The Labute approximate surface area is 143 Å². The minimum absolute atomic E-state index is 0.210. The predicted octanol–water partition coefficient (Wildman–Crippen LogP) is 2.89. The van der Waals surface area contributed by atoms with Crippen LogP contribution in [0.3, 0.4) is 0 Å². The first-order chi connectivity index (χ1) is 11.0. The number of rotatable bonds is 6. The molecule has 0 radical (unpaired) electrons. The van der Waals surface area contributed by atoms with E-state index in [1.807, 2.05) is 6.92 Å². The van der Waals surface area contributed by atoms with Gasteiger partial charge in [0.15, 0.2) is 5.16 Å². The molecule has 122 valence electrons. The van der Waals surface area contributed by atoms with Gasteiger partial charge in [0.25, 0.3) is 5.56 Å². The van der Waals surface area contributed by atoms with E-state index in [1.54, 1.807) is 19.1 Å². The van der Waals surface area contributed by atoms with Crippen molar-refractivity contribution < 1.29 is 4.79 Å². The first kappa shape index (κ1) is 17.5. The molecule has 0 bridgehead atoms. The van der Waals surface area contributed by atoms with Crippen molar-refractivity contribution in [3.05, 3.63) is 45.5 Å². The number of anilines is 1. The van der Waals surface area contributed by atoms with Crippen molar-refractivity contribution in [1.82, 2.24) is 15.0 Å². The minimum atomic E-state index is -0.437. The first-order valence-electron chi connectivity index (χ1n) is 7.17. The van der Waals surface area contributed by atoms with Crippen LogP contribution in [0.4, 0.5) is 5.82 Å². The lowest BCUT2D eigenvalue weighted by molar-refractivity contribution is -0.115. The number of aryl methyl sites for hydroxylation is 1. The van der Waals surface area contributed by atoms with E-state index in [9.17, 15) is 9.59 Å². The molecular weight excluding hydrogens is 336 g/mol. The molecule has 8 heteroatoms. The molecule has 0 aliphatic carbocycles. The molecule has 1 amide bonds. The van der Waals surface area contributed by atoms with Gasteiger partial charge in [-0.3, -0.25) is 9.59 Å². The van der Waals surface area contributed by atoms with Gasteiger partial charge in [-0.05, 0) is 25.5 Å². The highest BCUT2D eigenvalue weighted by Crippen LogP contribution is 2.20. The van der Waals surface area contributed by atoms with Gasteiger partial charge in [-0.25, -0.2) is 9.97 Å². The second kappa shape index (κ2) is 8.12. The number of amides is 1. The molecule has 0 spiro atoms. The Bertz CT molecular complexity index is 733. The van der Waals surface area contributed by atoms with Crippen LogP contribution in [0.2, 0.25) is 5.02 Å². The lowest BCUT2D eigenvalue weighted by atomic mass is 10.2. The fourth-order valence-corrected chi connectivity index (χ4v) is 2.76. The van der Waals surface area contributed by atoms with E-state index >= 15 is 0 Å². The van der Waals surface area contributed by atoms with Crippen LogP contribution in [0.15, 0.2) is 34.3 Å². The monoisotopic (exact) mass is 352 g/mol. The van der Waals surface area contributed by atoms with Crippen LogP contribution in [-0.2, 0) is 11.2 Å². The molecule has 2 rings (SSSR count). The van der Waals surface area contributed by atoms with Gasteiger partial charge in [0.2, 0.25) is 5.91 Å². The average molecular weight is 353 g/mol. The third kappa shape index (κ3) is 5.37. The maximum absolute atomic E-state index is 12.2. The number of halogens is 1. The molecule has 2 N–H and O–H groups in total. The van der Waals surface area contributed by atoms with Crippen molar-refractivity contribution in [2.45, 2.75) is 37.1 Å². The quantitative estimate of drug-likeness (QED) is 0.616. The molecule has 1 atom stereocenters. The third-order valence-corrected chi connectivity index (χ3v) is 4.12. The van der Waals surface area contributed by atoms with Crippen LogP contribution in [0, 0.1) is 0 Å². The summed E-state index contributed by atoms with van der Waals surface area (Å²) in [4.78, 5) is 34.8. The highest BCUT2D eigenvalue weighted by atomic mass is 35.5. The summed E-state index contributed by atoms with van der Waals surface area (Å²) in [6, 6.07) is 4.75. The van der Waals surface area contributed by atoms with Crippen LogP contribution in [0.5, 0.6) is 0 Å². The first-order valence-corrected chi connectivity index (χ1v) is 8.43. The number of hydrogen-bond acceptors (Lipinski definition) is 5. The fraction of sp³-hybridized carbons (Fsp3) is 0.333. The highest BCUT2D eigenvalue weighted by molar-refractivity contribution is 8.00. The van der Waals surface area contributed by atoms with Gasteiger partial charge in [-0.15, -0.1) is 0 Å². The zero-order chi connectivity index (χ0) is 16.8. The summed E-state index contributed by atoms with van der Waals surface area (Å²) in [6.07, 6.45) is 3.09. The number of nitrogens with one attached hydrogen (secondary N) is 2. The smallest absolute Gasteiger partial charge is 0.251 e. The molecule has 0 saturated heterocycles. The van der Waals surface area contributed by atoms with Gasteiger partial charge in [0.1, 0.15) is 5.82 Å². The van der Waals surface area contributed by atoms with E-state index in [0.29, 0.717) is 16.0 Å². The Morgan fingerprint density at radius 3 is 2.91 bits per heavy atom. The Hall–Kier alpha value is -1.86. The van der Waals surface area contributed by atoms with Gasteiger partial charge in [0.05, 0.1) is 10.3 Å². The molecule has 0 unspecified atom stereocenters. The maximum Gasteiger partial charge on any atom is 0.251 e. The number of thioether (sulfide) groups is 1. The summed E-state index contributed by atoms with van der Waals surface area (Å²) in [5, 5.41) is 3.19.